The summed E-state index contributed by atoms with van der Waals surface area (Å²) in [6.07, 6.45) is 1.74. The number of anilines is 2. The number of nitrogens with one attached hydrogen (secondary N) is 3. The molecule has 0 aliphatic carbocycles. The molecule has 0 unspecified atom stereocenters. The van der Waals surface area contributed by atoms with Gasteiger partial charge in [0.25, 0.3) is 0 Å². The molecule has 0 saturated heterocycles. The maximum Gasteiger partial charge on any atom is 0.211 e. The third-order valence-corrected chi connectivity index (χ3v) is 6.02. The second-order valence-electron chi connectivity index (χ2n) is 8.58. The Morgan fingerprint density at radius 1 is 0.844 bits per heavy atom. The highest BCUT2D eigenvalue weighted by molar-refractivity contribution is 5.73. The van der Waals surface area contributed by atoms with E-state index in [1.54, 1.807) is 0 Å². The normalized spacial score (nSPS) is 12.7. The van der Waals surface area contributed by atoms with Gasteiger partial charge in [0.15, 0.2) is 0 Å². The van der Waals surface area contributed by atoms with Crippen molar-refractivity contribution in [3.05, 3.63) is 95.1 Å². The van der Waals surface area contributed by atoms with Gasteiger partial charge in [-0.15, -0.1) is 0 Å². The van der Waals surface area contributed by atoms with E-state index in [1.807, 2.05) is 6.92 Å². The fourth-order valence-electron chi connectivity index (χ4n) is 3.79. The number of amides is 1. The van der Waals surface area contributed by atoms with Crippen LogP contribution >= 0.6 is 0 Å². The molecule has 0 aliphatic rings. The van der Waals surface area contributed by atoms with E-state index >= 15 is 0 Å². The van der Waals surface area contributed by atoms with Crippen molar-refractivity contribution in [3.8, 4) is 0 Å². The van der Waals surface area contributed by atoms with Crippen molar-refractivity contribution in [2.45, 2.75) is 39.0 Å². The molecule has 0 spiro atoms. The molecule has 3 N–H and O–H groups in total. The van der Waals surface area contributed by atoms with Crippen LogP contribution < -0.4 is 16.0 Å². The van der Waals surface area contributed by atoms with Crippen LogP contribution in [0.4, 0.5) is 11.4 Å². The minimum Gasteiger partial charge on any atom is -0.384 e. The molecule has 4 nitrogen and oxygen atoms in total. The average Bonchev–Trinajstić information content (AvgIpc) is 2.83. The summed E-state index contributed by atoms with van der Waals surface area (Å²) >= 11 is 0. The number of aryl methyl sites for hydroxylation is 1. The van der Waals surface area contributed by atoms with Gasteiger partial charge < -0.3 is 16.0 Å². The molecule has 4 heteroatoms. The fourth-order valence-corrected chi connectivity index (χ4v) is 3.79. The SMILES string of the molecule is Cc1ccc([C@@H](C)CNCCc2ccc(NC[C@H](C)c3ccccc3)cc2)cc1NC=O. The number of carbonyl (C=O) groups excluding carboxylic acids is 1. The van der Waals surface area contributed by atoms with Crippen molar-refractivity contribution in [1.29, 1.82) is 0 Å². The van der Waals surface area contributed by atoms with Crippen LogP contribution in [0.25, 0.3) is 0 Å². The van der Waals surface area contributed by atoms with E-state index in [0.717, 1.165) is 49.4 Å². The monoisotopic (exact) mass is 429 g/mol. The zero-order chi connectivity index (χ0) is 22.8. The largest absolute Gasteiger partial charge is 0.384 e. The average molecular weight is 430 g/mol. The van der Waals surface area contributed by atoms with Crippen molar-refractivity contribution < 1.29 is 4.79 Å². The van der Waals surface area contributed by atoms with Crippen LogP contribution in [0.15, 0.2) is 72.8 Å². The van der Waals surface area contributed by atoms with Gasteiger partial charge in [-0.1, -0.05) is 68.4 Å². The van der Waals surface area contributed by atoms with Crippen LogP contribution in [-0.4, -0.2) is 26.0 Å². The lowest BCUT2D eigenvalue weighted by Gasteiger charge is -2.16. The minimum atomic E-state index is 0.376. The summed E-state index contributed by atoms with van der Waals surface area (Å²) < 4.78 is 0. The van der Waals surface area contributed by atoms with Gasteiger partial charge >= 0.3 is 0 Å². The summed E-state index contributed by atoms with van der Waals surface area (Å²) in [5, 5.41) is 9.89. The Balaban J connectivity index is 1.40. The lowest BCUT2D eigenvalue weighted by Crippen LogP contribution is -2.22. The third-order valence-electron chi connectivity index (χ3n) is 6.02. The number of benzene rings is 3. The van der Waals surface area contributed by atoms with Gasteiger partial charge in [-0.2, -0.15) is 0 Å². The summed E-state index contributed by atoms with van der Waals surface area (Å²) in [4.78, 5) is 10.8. The van der Waals surface area contributed by atoms with E-state index in [1.165, 1.54) is 16.7 Å². The van der Waals surface area contributed by atoms with E-state index in [9.17, 15) is 4.79 Å². The molecule has 0 radical (unpaired) electrons. The second-order valence-corrected chi connectivity index (χ2v) is 8.58. The van der Waals surface area contributed by atoms with Crippen molar-refractivity contribution in [1.82, 2.24) is 5.32 Å². The van der Waals surface area contributed by atoms with Gasteiger partial charge in [-0.3, -0.25) is 4.79 Å². The molecular weight excluding hydrogens is 394 g/mol. The molecular formula is C28H35N3O. The number of hydrogen-bond acceptors (Lipinski definition) is 3. The first kappa shape index (κ1) is 23.6. The fraction of sp³-hybridized carbons (Fsp3) is 0.321. The molecule has 2 atom stereocenters. The van der Waals surface area contributed by atoms with Gasteiger partial charge in [-0.05, 0) is 72.2 Å². The van der Waals surface area contributed by atoms with Gasteiger partial charge in [0.1, 0.15) is 0 Å². The summed E-state index contributed by atoms with van der Waals surface area (Å²) in [6, 6.07) is 25.6. The lowest BCUT2D eigenvalue weighted by atomic mass is 9.98. The topological polar surface area (TPSA) is 53.2 Å². The molecule has 0 saturated carbocycles. The predicted molar refractivity (Wildman–Crippen MR) is 136 cm³/mol. The van der Waals surface area contributed by atoms with Crippen LogP contribution in [0.5, 0.6) is 0 Å². The van der Waals surface area contributed by atoms with Crippen molar-refractivity contribution >= 4 is 17.8 Å². The van der Waals surface area contributed by atoms with Crippen LogP contribution in [0.2, 0.25) is 0 Å². The van der Waals surface area contributed by atoms with Gasteiger partial charge in [0, 0.05) is 24.5 Å². The van der Waals surface area contributed by atoms with Crippen LogP contribution in [0.3, 0.4) is 0 Å². The first-order valence-corrected chi connectivity index (χ1v) is 11.5. The van der Waals surface area contributed by atoms with E-state index in [-0.39, 0.29) is 0 Å². The Bertz CT molecular complexity index is 970. The summed E-state index contributed by atoms with van der Waals surface area (Å²) in [5.41, 5.74) is 7.05. The molecule has 1 amide bonds. The Morgan fingerprint density at radius 2 is 1.56 bits per heavy atom. The molecule has 32 heavy (non-hydrogen) atoms. The summed E-state index contributed by atoms with van der Waals surface area (Å²) in [5.74, 6) is 0.849. The highest BCUT2D eigenvalue weighted by Gasteiger charge is 2.08. The van der Waals surface area contributed by atoms with Crippen LogP contribution in [-0.2, 0) is 11.2 Å². The van der Waals surface area contributed by atoms with E-state index in [2.05, 4.69) is 103 Å². The lowest BCUT2D eigenvalue weighted by molar-refractivity contribution is -0.105. The van der Waals surface area contributed by atoms with Crippen LogP contribution in [0.1, 0.15) is 47.9 Å². The highest BCUT2D eigenvalue weighted by Crippen LogP contribution is 2.22. The maximum atomic E-state index is 10.8. The Hall–Kier alpha value is -3.11. The van der Waals surface area contributed by atoms with Gasteiger partial charge in [-0.25, -0.2) is 0 Å². The third kappa shape index (κ3) is 6.96. The standard InChI is InChI=1S/C28H35N3O/c1-21-9-12-26(17-28(21)31-20-32)22(2)18-29-16-15-24-10-13-27(14-11-24)30-19-23(3)25-7-5-4-6-8-25/h4-14,17,20,22-23,29-30H,15-16,18-19H2,1-3H3,(H,31,32)/t22-,23-/m0/s1. The van der Waals surface area contributed by atoms with E-state index in [4.69, 9.17) is 0 Å². The number of rotatable bonds is 12. The Morgan fingerprint density at radius 3 is 2.28 bits per heavy atom. The zero-order valence-electron chi connectivity index (χ0n) is 19.4. The maximum absolute atomic E-state index is 10.8. The first-order valence-electron chi connectivity index (χ1n) is 11.5. The molecule has 3 aromatic rings. The van der Waals surface area contributed by atoms with Gasteiger partial charge in [0.05, 0.1) is 0 Å². The molecule has 0 heterocycles. The summed E-state index contributed by atoms with van der Waals surface area (Å²) in [7, 11) is 0. The Labute approximate surface area is 192 Å². The smallest absolute Gasteiger partial charge is 0.211 e. The van der Waals surface area contributed by atoms with E-state index in [0.29, 0.717) is 11.8 Å². The first-order chi connectivity index (χ1) is 15.6. The zero-order valence-corrected chi connectivity index (χ0v) is 19.4. The molecule has 0 fully saturated rings. The molecule has 3 rings (SSSR count). The number of carbonyl (C=O) groups is 1. The second kappa shape index (κ2) is 12.1. The van der Waals surface area contributed by atoms with Crippen LogP contribution in [0, 0.1) is 6.92 Å². The summed E-state index contributed by atoms with van der Waals surface area (Å²) in [6.45, 7) is 9.22. The van der Waals surface area contributed by atoms with Crippen molar-refractivity contribution in [2.75, 3.05) is 30.3 Å². The van der Waals surface area contributed by atoms with Gasteiger partial charge in [0.2, 0.25) is 6.41 Å². The quantitative estimate of drug-likeness (QED) is 0.255. The molecule has 168 valence electrons. The molecule has 0 aromatic heterocycles. The molecule has 0 bridgehead atoms. The van der Waals surface area contributed by atoms with Crippen molar-refractivity contribution in [3.63, 3.8) is 0 Å². The minimum absolute atomic E-state index is 0.376. The van der Waals surface area contributed by atoms with Crippen molar-refractivity contribution in [2.24, 2.45) is 0 Å². The molecule has 3 aromatic carbocycles. The predicted octanol–water partition coefficient (Wildman–Crippen LogP) is 5.71. The van der Waals surface area contributed by atoms with E-state index < -0.39 is 0 Å². The molecule has 0 aliphatic heterocycles. The highest BCUT2D eigenvalue weighted by atomic mass is 16.1. The Kier molecular flexibility index (Phi) is 8.88. The number of hydrogen-bond donors (Lipinski definition) is 3.